The van der Waals surface area contributed by atoms with Crippen LogP contribution < -0.4 is 10.1 Å². The lowest BCUT2D eigenvalue weighted by Crippen LogP contribution is -2.27. The second-order valence-electron chi connectivity index (χ2n) is 4.77. The second-order valence-corrected chi connectivity index (χ2v) is 5.21. The van der Waals surface area contributed by atoms with E-state index in [1.165, 1.54) is 0 Å². The van der Waals surface area contributed by atoms with Gasteiger partial charge in [0.1, 0.15) is 5.75 Å². The molecular formula is C16H20ClNO6. The number of alkyl carbamates (subject to hydrolysis) is 1. The first-order valence-electron chi connectivity index (χ1n) is 7.53. The standard InChI is InChI=1S/C16H20ClNO6/c1-2-4-14(19)22-11-23-16(21)18-10-3-5-15(20)24-13-8-6-12(17)7-9-13/h6-9H,2-5,10-11H2,1H3,(H,18,21). The van der Waals surface area contributed by atoms with Crippen LogP contribution in [0.25, 0.3) is 0 Å². The van der Waals surface area contributed by atoms with Gasteiger partial charge in [-0.2, -0.15) is 0 Å². The van der Waals surface area contributed by atoms with Gasteiger partial charge in [0.2, 0.25) is 6.79 Å². The third-order valence-corrected chi connectivity index (χ3v) is 2.99. The molecule has 0 heterocycles. The van der Waals surface area contributed by atoms with Gasteiger partial charge in [0.15, 0.2) is 0 Å². The fraction of sp³-hybridized carbons (Fsp3) is 0.438. The summed E-state index contributed by atoms with van der Waals surface area (Å²) in [7, 11) is 0. The van der Waals surface area contributed by atoms with E-state index in [0.717, 1.165) is 0 Å². The molecule has 1 aromatic rings. The highest BCUT2D eigenvalue weighted by molar-refractivity contribution is 6.30. The molecule has 0 atom stereocenters. The lowest BCUT2D eigenvalue weighted by molar-refractivity contribution is -0.151. The highest BCUT2D eigenvalue weighted by Gasteiger charge is 2.07. The maximum absolute atomic E-state index is 11.6. The van der Waals surface area contributed by atoms with Crippen molar-refractivity contribution in [3.05, 3.63) is 29.3 Å². The lowest BCUT2D eigenvalue weighted by atomic mass is 10.3. The van der Waals surface area contributed by atoms with Gasteiger partial charge in [0, 0.05) is 24.4 Å². The van der Waals surface area contributed by atoms with Crippen molar-refractivity contribution in [2.24, 2.45) is 0 Å². The third-order valence-electron chi connectivity index (χ3n) is 2.74. The van der Waals surface area contributed by atoms with Crippen LogP contribution in [0.1, 0.15) is 32.6 Å². The van der Waals surface area contributed by atoms with Gasteiger partial charge in [0.25, 0.3) is 0 Å². The van der Waals surface area contributed by atoms with Gasteiger partial charge in [-0.15, -0.1) is 0 Å². The third kappa shape index (κ3) is 8.99. The van der Waals surface area contributed by atoms with E-state index in [-0.39, 0.29) is 19.4 Å². The topological polar surface area (TPSA) is 90.9 Å². The molecule has 132 valence electrons. The van der Waals surface area contributed by atoms with E-state index in [1.54, 1.807) is 24.3 Å². The Labute approximate surface area is 145 Å². The van der Waals surface area contributed by atoms with Crippen molar-refractivity contribution in [2.75, 3.05) is 13.3 Å². The van der Waals surface area contributed by atoms with Gasteiger partial charge >= 0.3 is 18.0 Å². The molecule has 0 saturated carbocycles. The summed E-state index contributed by atoms with van der Waals surface area (Å²) in [4.78, 5) is 33.9. The Morgan fingerprint density at radius 1 is 1.04 bits per heavy atom. The average molecular weight is 358 g/mol. The number of esters is 2. The first kappa shape index (κ1) is 19.8. The zero-order chi connectivity index (χ0) is 17.8. The molecule has 1 aromatic carbocycles. The predicted molar refractivity (Wildman–Crippen MR) is 86.7 cm³/mol. The van der Waals surface area contributed by atoms with Crippen molar-refractivity contribution in [2.45, 2.75) is 32.6 Å². The molecule has 24 heavy (non-hydrogen) atoms. The molecule has 0 bridgehead atoms. The van der Waals surface area contributed by atoms with Crippen LogP contribution in [0, 0.1) is 0 Å². The van der Waals surface area contributed by atoms with Crippen molar-refractivity contribution >= 4 is 29.6 Å². The molecule has 0 fully saturated rings. The van der Waals surface area contributed by atoms with Crippen molar-refractivity contribution < 1.29 is 28.6 Å². The Morgan fingerprint density at radius 3 is 2.42 bits per heavy atom. The van der Waals surface area contributed by atoms with Crippen molar-refractivity contribution in [3.8, 4) is 5.75 Å². The molecule has 8 heteroatoms. The fourth-order valence-corrected chi connectivity index (χ4v) is 1.71. The number of hydrogen-bond donors (Lipinski definition) is 1. The average Bonchev–Trinajstić information content (AvgIpc) is 2.54. The summed E-state index contributed by atoms with van der Waals surface area (Å²) in [5.41, 5.74) is 0. The molecular weight excluding hydrogens is 338 g/mol. The van der Waals surface area contributed by atoms with Crippen LogP contribution in [0.15, 0.2) is 24.3 Å². The Kier molecular flexibility index (Phi) is 9.29. The molecule has 1 amide bonds. The first-order valence-corrected chi connectivity index (χ1v) is 7.91. The zero-order valence-corrected chi connectivity index (χ0v) is 14.1. The summed E-state index contributed by atoms with van der Waals surface area (Å²) in [5, 5.41) is 2.99. The van der Waals surface area contributed by atoms with Crippen LogP contribution in [0.3, 0.4) is 0 Å². The number of amides is 1. The quantitative estimate of drug-likeness (QED) is 0.316. The summed E-state index contributed by atoms with van der Waals surface area (Å²) >= 11 is 5.73. The maximum Gasteiger partial charge on any atom is 0.410 e. The van der Waals surface area contributed by atoms with Gasteiger partial charge in [0.05, 0.1) is 0 Å². The summed E-state index contributed by atoms with van der Waals surface area (Å²) < 4.78 is 14.4. The molecule has 0 spiro atoms. The zero-order valence-electron chi connectivity index (χ0n) is 13.4. The number of carbonyl (C=O) groups is 3. The van der Waals surface area contributed by atoms with Gasteiger partial charge in [-0.25, -0.2) is 4.79 Å². The number of nitrogens with one attached hydrogen (secondary N) is 1. The molecule has 0 unspecified atom stereocenters. The van der Waals surface area contributed by atoms with Gasteiger partial charge in [-0.05, 0) is 37.1 Å². The van der Waals surface area contributed by atoms with Crippen LogP contribution in [0.2, 0.25) is 5.02 Å². The smallest absolute Gasteiger partial charge is 0.410 e. The van der Waals surface area contributed by atoms with Crippen molar-refractivity contribution in [1.29, 1.82) is 0 Å². The maximum atomic E-state index is 11.6. The lowest BCUT2D eigenvalue weighted by Gasteiger charge is -2.07. The second kappa shape index (κ2) is 11.3. The SMILES string of the molecule is CCCC(=O)OCOC(=O)NCCCC(=O)Oc1ccc(Cl)cc1. The summed E-state index contributed by atoms with van der Waals surface area (Å²) in [6, 6.07) is 6.43. The van der Waals surface area contributed by atoms with Crippen LogP contribution in [-0.4, -0.2) is 31.4 Å². The molecule has 0 aliphatic rings. The number of halogens is 1. The minimum atomic E-state index is -0.717. The van der Waals surface area contributed by atoms with Crippen LogP contribution in [0.4, 0.5) is 4.79 Å². The highest BCUT2D eigenvalue weighted by Crippen LogP contribution is 2.16. The molecule has 0 aliphatic carbocycles. The monoisotopic (exact) mass is 357 g/mol. The first-order chi connectivity index (χ1) is 11.5. The van der Waals surface area contributed by atoms with Gasteiger partial charge in [-0.3, -0.25) is 9.59 Å². The van der Waals surface area contributed by atoms with Crippen molar-refractivity contribution in [1.82, 2.24) is 5.32 Å². The number of ether oxygens (including phenoxy) is 3. The summed E-state index contributed by atoms with van der Waals surface area (Å²) in [6.07, 6.45) is 0.744. The Balaban J connectivity index is 2.08. The molecule has 0 aliphatic heterocycles. The van der Waals surface area contributed by atoms with Crippen LogP contribution in [-0.2, 0) is 19.1 Å². The number of rotatable bonds is 9. The minimum absolute atomic E-state index is 0.133. The summed E-state index contributed by atoms with van der Waals surface area (Å²) in [6.45, 7) is 1.65. The highest BCUT2D eigenvalue weighted by atomic mass is 35.5. The molecule has 1 rings (SSSR count). The Hall–Kier alpha value is -2.28. The van der Waals surface area contributed by atoms with E-state index >= 15 is 0 Å². The Morgan fingerprint density at radius 2 is 1.75 bits per heavy atom. The number of benzene rings is 1. The molecule has 7 nitrogen and oxygen atoms in total. The van der Waals surface area contributed by atoms with Gasteiger partial charge in [-0.1, -0.05) is 18.5 Å². The fourth-order valence-electron chi connectivity index (χ4n) is 1.58. The van der Waals surface area contributed by atoms with Crippen LogP contribution in [0.5, 0.6) is 5.75 Å². The number of hydrogen-bond acceptors (Lipinski definition) is 6. The van der Waals surface area contributed by atoms with E-state index < -0.39 is 24.8 Å². The molecule has 1 N–H and O–H groups in total. The normalized spacial score (nSPS) is 9.92. The van der Waals surface area contributed by atoms with E-state index in [2.05, 4.69) is 14.8 Å². The van der Waals surface area contributed by atoms with Crippen molar-refractivity contribution in [3.63, 3.8) is 0 Å². The van der Waals surface area contributed by atoms with Gasteiger partial charge < -0.3 is 19.5 Å². The predicted octanol–water partition coefficient (Wildman–Crippen LogP) is 3.05. The number of carbonyl (C=O) groups excluding carboxylic acids is 3. The van der Waals surface area contributed by atoms with Crippen LogP contribution >= 0.6 is 11.6 Å². The van der Waals surface area contributed by atoms with E-state index in [1.807, 2.05) is 6.92 Å². The van der Waals surface area contributed by atoms with E-state index in [4.69, 9.17) is 16.3 Å². The van der Waals surface area contributed by atoms with E-state index in [0.29, 0.717) is 23.6 Å². The molecule has 0 saturated heterocycles. The molecule has 0 aromatic heterocycles. The largest absolute Gasteiger partial charge is 0.428 e. The Bertz CT molecular complexity index is 546. The minimum Gasteiger partial charge on any atom is -0.428 e. The summed E-state index contributed by atoms with van der Waals surface area (Å²) in [5.74, 6) is -0.429. The molecule has 0 radical (unpaired) electrons. The van der Waals surface area contributed by atoms with E-state index in [9.17, 15) is 14.4 Å².